The number of guanidine groups is 1. The number of nitrogens with one attached hydrogen (secondary N) is 1. The van der Waals surface area contributed by atoms with E-state index in [1.807, 2.05) is 6.07 Å². The lowest BCUT2D eigenvalue weighted by Crippen LogP contribution is -2.43. The molecule has 0 spiro atoms. The van der Waals surface area contributed by atoms with E-state index in [9.17, 15) is 0 Å². The van der Waals surface area contributed by atoms with Crippen LogP contribution in [0.2, 0.25) is 5.15 Å². The number of aliphatic imine (C=N–C) groups is 1. The summed E-state index contributed by atoms with van der Waals surface area (Å²) in [5.74, 6) is 0.715. The first-order chi connectivity index (χ1) is 8.15. The highest BCUT2D eigenvalue weighted by Gasteiger charge is 2.17. The molecule has 1 aliphatic heterocycles. The van der Waals surface area contributed by atoms with Gasteiger partial charge in [-0.2, -0.15) is 0 Å². The van der Waals surface area contributed by atoms with Gasteiger partial charge in [0.25, 0.3) is 0 Å². The lowest BCUT2D eigenvalue weighted by Gasteiger charge is -2.20. The molecule has 0 aliphatic carbocycles. The first-order valence-corrected chi connectivity index (χ1v) is 5.90. The Kier molecular flexibility index (Phi) is 3.75. The first-order valence-electron chi connectivity index (χ1n) is 5.11. The maximum atomic E-state index is 5.73. The molecule has 90 valence electrons. The smallest absolute Gasteiger partial charge is 0.200 e. The summed E-state index contributed by atoms with van der Waals surface area (Å²) in [6, 6.07) is 3.71. The molecule has 0 saturated carbocycles. The lowest BCUT2D eigenvalue weighted by molar-refractivity contribution is 0.443. The predicted molar refractivity (Wildman–Crippen MR) is 71.9 cm³/mol. The van der Waals surface area contributed by atoms with Crippen molar-refractivity contribution in [3.63, 3.8) is 0 Å². The van der Waals surface area contributed by atoms with Gasteiger partial charge in [-0.25, -0.2) is 4.98 Å². The summed E-state index contributed by atoms with van der Waals surface area (Å²) < 4.78 is 0. The van der Waals surface area contributed by atoms with E-state index in [2.05, 4.69) is 20.2 Å². The Labute approximate surface area is 110 Å². The highest BCUT2D eigenvalue weighted by molar-refractivity contribution is 7.80. The van der Waals surface area contributed by atoms with Crippen molar-refractivity contribution in [2.75, 3.05) is 13.1 Å². The first kappa shape index (κ1) is 12.1. The van der Waals surface area contributed by atoms with Gasteiger partial charge in [-0.1, -0.05) is 17.7 Å². The Morgan fingerprint density at radius 2 is 2.41 bits per heavy atom. The predicted octanol–water partition coefficient (Wildman–Crippen LogP) is 0.740. The van der Waals surface area contributed by atoms with E-state index >= 15 is 0 Å². The minimum Gasteiger partial charge on any atom is -0.376 e. The summed E-state index contributed by atoms with van der Waals surface area (Å²) in [7, 11) is 0. The Morgan fingerprint density at radius 3 is 3.06 bits per heavy atom. The number of nitrogens with zero attached hydrogens (tertiary/aromatic N) is 3. The molecule has 0 unspecified atom stereocenters. The average molecular weight is 270 g/mol. The molecule has 3 N–H and O–H groups in total. The number of thiocarbonyl (C=S) groups is 1. The number of hydrogen-bond acceptors (Lipinski definition) is 4. The summed E-state index contributed by atoms with van der Waals surface area (Å²) in [5.41, 5.74) is 6.49. The summed E-state index contributed by atoms with van der Waals surface area (Å²) in [6.07, 6.45) is 1.75. The van der Waals surface area contributed by atoms with E-state index in [4.69, 9.17) is 29.6 Å². The van der Waals surface area contributed by atoms with Gasteiger partial charge in [-0.15, -0.1) is 0 Å². The fourth-order valence-electron chi connectivity index (χ4n) is 1.59. The van der Waals surface area contributed by atoms with Gasteiger partial charge in [0.15, 0.2) is 5.11 Å². The second-order valence-electron chi connectivity index (χ2n) is 3.61. The molecule has 1 aromatic heterocycles. The second kappa shape index (κ2) is 5.29. The molecule has 0 amide bonds. The van der Waals surface area contributed by atoms with Crippen molar-refractivity contribution in [2.45, 2.75) is 6.54 Å². The Bertz CT molecular complexity index is 445. The fraction of sp³-hybridized carbons (Fsp3) is 0.300. The number of nitrogens with two attached hydrogens (primary N) is 1. The van der Waals surface area contributed by atoms with E-state index in [0.717, 1.165) is 18.7 Å². The van der Waals surface area contributed by atoms with Crippen LogP contribution in [0.25, 0.3) is 0 Å². The lowest BCUT2D eigenvalue weighted by atomic mass is 10.3. The van der Waals surface area contributed by atoms with Gasteiger partial charge >= 0.3 is 0 Å². The highest BCUT2D eigenvalue weighted by Crippen LogP contribution is 2.10. The zero-order valence-electron chi connectivity index (χ0n) is 9.06. The quantitative estimate of drug-likeness (QED) is 0.612. The third-order valence-corrected chi connectivity index (χ3v) is 2.65. The van der Waals surface area contributed by atoms with Gasteiger partial charge in [0.1, 0.15) is 5.15 Å². The molecule has 1 aliphatic rings. The van der Waals surface area contributed by atoms with Crippen molar-refractivity contribution in [3.05, 3.63) is 29.0 Å². The molecule has 17 heavy (non-hydrogen) atoms. The van der Waals surface area contributed by atoms with Crippen LogP contribution in [-0.2, 0) is 6.54 Å². The molecule has 0 bridgehead atoms. The Balaban J connectivity index is 2.01. The molecule has 1 aromatic rings. The van der Waals surface area contributed by atoms with Gasteiger partial charge in [-0.05, 0) is 23.8 Å². The van der Waals surface area contributed by atoms with Crippen LogP contribution in [-0.4, -0.2) is 34.0 Å². The number of pyridine rings is 1. The van der Waals surface area contributed by atoms with Crippen molar-refractivity contribution in [2.24, 2.45) is 10.7 Å². The normalized spacial score (nSPS) is 14.6. The molecule has 0 atom stereocenters. The second-order valence-corrected chi connectivity index (χ2v) is 4.43. The molecule has 0 aromatic carbocycles. The molecule has 0 fully saturated rings. The summed E-state index contributed by atoms with van der Waals surface area (Å²) in [4.78, 5) is 10.4. The molecule has 2 rings (SSSR count). The molecule has 7 heteroatoms. The van der Waals surface area contributed by atoms with Crippen molar-refractivity contribution >= 4 is 34.9 Å². The standard InChI is InChI=1S/C10H12ClN5S/c11-8-2-1-7(5-14-8)6-16-4-3-13-10(16)15-9(12)17/h1-2,5H,3-4,6H2,(H3,12,13,15,17). The molecular weight excluding hydrogens is 258 g/mol. The molecule has 0 radical (unpaired) electrons. The van der Waals surface area contributed by atoms with E-state index < -0.39 is 0 Å². The Morgan fingerprint density at radius 1 is 1.59 bits per heavy atom. The monoisotopic (exact) mass is 269 g/mol. The van der Waals surface area contributed by atoms with Crippen LogP contribution >= 0.6 is 23.8 Å². The molecular formula is C10H12ClN5S. The number of hydrogen-bond donors (Lipinski definition) is 2. The summed E-state index contributed by atoms with van der Waals surface area (Å²) in [6.45, 7) is 2.29. The summed E-state index contributed by atoms with van der Waals surface area (Å²) >= 11 is 10.5. The third-order valence-electron chi connectivity index (χ3n) is 2.33. The fourth-order valence-corrected chi connectivity index (χ4v) is 1.79. The van der Waals surface area contributed by atoms with Crippen LogP contribution in [0.15, 0.2) is 23.3 Å². The van der Waals surface area contributed by atoms with E-state index in [1.165, 1.54) is 0 Å². The Hall–Kier alpha value is -1.40. The van der Waals surface area contributed by atoms with Crippen LogP contribution < -0.4 is 11.1 Å². The minimum atomic E-state index is 0.227. The SMILES string of the molecule is NC(=S)NC1=NCCN1Cc1ccc(Cl)nc1. The largest absolute Gasteiger partial charge is 0.376 e. The molecule has 0 saturated heterocycles. The van der Waals surface area contributed by atoms with Crippen molar-refractivity contribution < 1.29 is 0 Å². The van der Waals surface area contributed by atoms with Crippen molar-refractivity contribution in [1.29, 1.82) is 0 Å². The summed E-state index contributed by atoms with van der Waals surface area (Å²) in [5, 5.41) is 3.58. The molecule has 5 nitrogen and oxygen atoms in total. The maximum absolute atomic E-state index is 5.73. The number of halogens is 1. The van der Waals surface area contributed by atoms with E-state index in [1.54, 1.807) is 12.3 Å². The van der Waals surface area contributed by atoms with E-state index in [0.29, 0.717) is 17.7 Å². The third kappa shape index (κ3) is 3.28. The van der Waals surface area contributed by atoms with E-state index in [-0.39, 0.29) is 5.11 Å². The topological polar surface area (TPSA) is 66.5 Å². The van der Waals surface area contributed by atoms with Crippen LogP contribution in [0.1, 0.15) is 5.56 Å². The van der Waals surface area contributed by atoms with Gasteiger partial charge in [0.05, 0.1) is 6.54 Å². The average Bonchev–Trinajstić information content (AvgIpc) is 2.68. The number of rotatable bonds is 2. The van der Waals surface area contributed by atoms with Crippen LogP contribution in [0.3, 0.4) is 0 Å². The van der Waals surface area contributed by atoms with Gasteiger partial charge < -0.3 is 16.0 Å². The zero-order chi connectivity index (χ0) is 12.3. The maximum Gasteiger partial charge on any atom is 0.200 e. The van der Waals surface area contributed by atoms with Crippen molar-refractivity contribution in [1.82, 2.24) is 15.2 Å². The zero-order valence-corrected chi connectivity index (χ0v) is 10.6. The van der Waals surface area contributed by atoms with Crippen LogP contribution in [0.5, 0.6) is 0 Å². The van der Waals surface area contributed by atoms with Crippen LogP contribution in [0, 0.1) is 0 Å². The van der Waals surface area contributed by atoms with Gasteiger partial charge in [0.2, 0.25) is 5.96 Å². The van der Waals surface area contributed by atoms with Gasteiger partial charge in [-0.3, -0.25) is 4.99 Å². The van der Waals surface area contributed by atoms with Crippen molar-refractivity contribution in [3.8, 4) is 0 Å². The minimum absolute atomic E-state index is 0.227. The number of aromatic nitrogens is 1. The highest BCUT2D eigenvalue weighted by atomic mass is 35.5. The van der Waals surface area contributed by atoms with Crippen LogP contribution in [0.4, 0.5) is 0 Å². The molecule has 2 heterocycles. The van der Waals surface area contributed by atoms with Gasteiger partial charge in [0, 0.05) is 19.3 Å².